The van der Waals surface area contributed by atoms with Crippen LogP contribution in [-0.2, 0) is 4.79 Å². The van der Waals surface area contributed by atoms with E-state index in [0.29, 0.717) is 46.9 Å². The van der Waals surface area contributed by atoms with Crippen LogP contribution in [0.15, 0.2) is 55.0 Å². The second-order valence-electron chi connectivity index (χ2n) is 8.11. The molecule has 1 amide bonds. The number of rotatable bonds is 7. The van der Waals surface area contributed by atoms with Gasteiger partial charge in [-0.05, 0) is 31.2 Å². The van der Waals surface area contributed by atoms with Gasteiger partial charge in [0.25, 0.3) is 5.91 Å². The second kappa shape index (κ2) is 9.40. The van der Waals surface area contributed by atoms with Gasteiger partial charge in [-0.3, -0.25) is 9.20 Å². The molecule has 0 saturated carbocycles. The summed E-state index contributed by atoms with van der Waals surface area (Å²) in [6.07, 6.45) is 4.00. The number of carbonyl (C=O) groups is 1. The number of pyridine rings is 1. The van der Waals surface area contributed by atoms with Gasteiger partial charge in [0, 0.05) is 12.3 Å². The molecule has 0 bridgehead atoms. The van der Waals surface area contributed by atoms with Gasteiger partial charge < -0.3 is 24.8 Å². The first-order chi connectivity index (χ1) is 16.9. The number of anilines is 2. The molecule has 0 spiro atoms. The number of methoxy groups -OCH3 is 1. The molecule has 2 N–H and O–H groups in total. The molecule has 10 nitrogen and oxygen atoms in total. The summed E-state index contributed by atoms with van der Waals surface area (Å²) in [5, 5.41) is 13.0. The summed E-state index contributed by atoms with van der Waals surface area (Å²) < 4.78 is 13.4. The predicted octanol–water partition coefficient (Wildman–Crippen LogP) is 3.17. The van der Waals surface area contributed by atoms with Crippen LogP contribution in [0.1, 0.15) is 6.92 Å². The minimum Gasteiger partial charge on any atom is -0.494 e. The van der Waals surface area contributed by atoms with E-state index in [9.17, 15) is 9.90 Å². The summed E-state index contributed by atoms with van der Waals surface area (Å²) in [7, 11) is 1.56. The molecule has 35 heavy (non-hydrogen) atoms. The maximum Gasteiger partial charge on any atom is 0.251 e. The maximum atomic E-state index is 11.8. The highest BCUT2D eigenvalue weighted by atomic mass is 35.5. The number of hydrogen-bond donors (Lipinski definition) is 2. The van der Waals surface area contributed by atoms with Crippen molar-refractivity contribution in [3.63, 3.8) is 0 Å². The monoisotopic (exact) mass is 494 g/mol. The molecule has 1 saturated heterocycles. The van der Waals surface area contributed by atoms with Gasteiger partial charge in [-0.1, -0.05) is 17.7 Å². The normalized spacial score (nSPS) is 14.5. The highest BCUT2D eigenvalue weighted by molar-refractivity contribution is 6.32. The summed E-state index contributed by atoms with van der Waals surface area (Å²) in [5.74, 6) is 1.18. The fourth-order valence-corrected chi connectivity index (χ4v) is 4.02. The molecule has 5 rings (SSSR count). The summed E-state index contributed by atoms with van der Waals surface area (Å²) in [6.45, 7) is 2.31. The SMILES string of the molecule is COc1cc(OC2CN(C(=O)C(C)O)C2)ccc1Nc1ncc(Cl)c(-c2cnc3ccccn23)n1. The minimum absolute atomic E-state index is 0.145. The van der Waals surface area contributed by atoms with Crippen molar-refractivity contribution in [1.82, 2.24) is 24.3 Å². The molecule has 3 aromatic heterocycles. The number of hydrogen-bond acceptors (Lipinski definition) is 8. The number of carbonyl (C=O) groups excluding carboxylic acids is 1. The van der Waals surface area contributed by atoms with Crippen LogP contribution >= 0.6 is 11.6 Å². The highest BCUT2D eigenvalue weighted by Gasteiger charge is 2.34. The zero-order valence-corrected chi connectivity index (χ0v) is 19.8. The highest BCUT2D eigenvalue weighted by Crippen LogP contribution is 2.33. The fraction of sp³-hybridized carbons (Fsp3) is 0.250. The minimum atomic E-state index is -1.01. The first-order valence-corrected chi connectivity index (χ1v) is 11.3. The number of aliphatic hydroxyl groups is 1. The Morgan fingerprint density at radius 3 is 2.83 bits per heavy atom. The fourth-order valence-electron chi connectivity index (χ4n) is 3.83. The second-order valence-corrected chi connectivity index (χ2v) is 8.52. The molecule has 11 heteroatoms. The van der Waals surface area contributed by atoms with Crippen LogP contribution in [0.5, 0.6) is 11.5 Å². The van der Waals surface area contributed by atoms with E-state index in [-0.39, 0.29) is 12.0 Å². The number of fused-ring (bicyclic) bond motifs is 1. The van der Waals surface area contributed by atoms with Crippen molar-refractivity contribution in [2.75, 3.05) is 25.5 Å². The number of aromatic nitrogens is 4. The molecule has 4 heterocycles. The Labute approximate surface area is 206 Å². The Morgan fingerprint density at radius 1 is 1.23 bits per heavy atom. The van der Waals surface area contributed by atoms with Crippen LogP contribution in [0, 0.1) is 0 Å². The van der Waals surface area contributed by atoms with Gasteiger partial charge in [-0.15, -0.1) is 0 Å². The van der Waals surface area contributed by atoms with Gasteiger partial charge in [0.2, 0.25) is 5.95 Å². The van der Waals surface area contributed by atoms with Crippen LogP contribution in [0.4, 0.5) is 11.6 Å². The van der Waals surface area contributed by atoms with Crippen molar-refractivity contribution >= 4 is 34.8 Å². The van der Waals surface area contributed by atoms with Crippen LogP contribution in [-0.4, -0.2) is 67.7 Å². The van der Waals surface area contributed by atoms with Gasteiger partial charge in [-0.25, -0.2) is 15.0 Å². The molecule has 0 aliphatic carbocycles. The average Bonchev–Trinajstić information content (AvgIpc) is 3.26. The van der Waals surface area contributed by atoms with Crippen molar-refractivity contribution in [2.24, 2.45) is 0 Å². The first kappa shape index (κ1) is 22.9. The standard InChI is InChI=1S/C24H23ClN6O4/c1-14(32)23(33)30-12-16(13-30)35-15-6-7-18(20(9-15)34-2)28-24-27-10-17(25)22(29-24)19-11-26-21-5-3-4-8-31(19)21/h3-11,14,16,32H,12-13H2,1-2H3,(H,27,28,29). The Hall–Kier alpha value is -3.89. The van der Waals surface area contributed by atoms with E-state index in [1.165, 1.54) is 13.1 Å². The summed E-state index contributed by atoms with van der Waals surface area (Å²) in [5.41, 5.74) is 2.72. The van der Waals surface area contributed by atoms with Gasteiger partial charge in [0.15, 0.2) is 0 Å². The molecule has 1 atom stereocenters. The Morgan fingerprint density at radius 2 is 2.06 bits per heavy atom. The average molecular weight is 495 g/mol. The van der Waals surface area contributed by atoms with Crippen LogP contribution in [0.2, 0.25) is 5.02 Å². The third kappa shape index (κ3) is 4.58. The van der Waals surface area contributed by atoms with Gasteiger partial charge in [0.05, 0.1) is 49.0 Å². The number of amides is 1. The molecule has 1 aliphatic rings. The van der Waals surface area contributed by atoms with Gasteiger partial charge in [0.1, 0.15) is 35.0 Å². The van der Waals surface area contributed by atoms with E-state index < -0.39 is 6.10 Å². The van der Waals surface area contributed by atoms with E-state index in [0.717, 1.165) is 11.3 Å². The lowest BCUT2D eigenvalue weighted by Crippen LogP contribution is -2.58. The van der Waals surface area contributed by atoms with E-state index in [4.69, 9.17) is 21.1 Å². The molecular weight excluding hydrogens is 472 g/mol. The number of halogens is 1. The Kier molecular flexibility index (Phi) is 6.14. The van der Waals surface area contributed by atoms with Gasteiger partial charge in [-0.2, -0.15) is 0 Å². The van der Waals surface area contributed by atoms with E-state index in [1.807, 2.05) is 28.8 Å². The molecule has 1 fully saturated rings. The zero-order chi connectivity index (χ0) is 24.5. The van der Waals surface area contributed by atoms with Crippen molar-refractivity contribution in [3.8, 4) is 22.9 Å². The topological polar surface area (TPSA) is 114 Å². The molecule has 180 valence electrons. The first-order valence-electron chi connectivity index (χ1n) is 11.0. The van der Waals surface area contributed by atoms with Crippen LogP contribution in [0.3, 0.4) is 0 Å². The third-order valence-electron chi connectivity index (χ3n) is 5.64. The number of nitrogens with one attached hydrogen (secondary N) is 1. The van der Waals surface area contributed by atoms with Crippen LogP contribution in [0.25, 0.3) is 17.0 Å². The van der Waals surface area contributed by atoms with Crippen molar-refractivity contribution in [2.45, 2.75) is 19.1 Å². The summed E-state index contributed by atoms with van der Waals surface area (Å²) in [6, 6.07) is 11.1. The van der Waals surface area contributed by atoms with Crippen molar-refractivity contribution in [1.29, 1.82) is 0 Å². The molecule has 0 radical (unpaired) electrons. The van der Waals surface area contributed by atoms with E-state index in [1.54, 1.807) is 36.4 Å². The molecular formula is C24H23ClN6O4. The summed E-state index contributed by atoms with van der Waals surface area (Å²) in [4.78, 5) is 26.7. The van der Waals surface area contributed by atoms with Gasteiger partial charge >= 0.3 is 0 Å². The van der Waals surface area contributed by atoms with E-state index in [2.05, 4.69) is 20.3 Å². The maximum absolute atomic E-state index is 11.8. The quantitative estimate of drug-likeness (QED) is 0.402. The molecule has 1 aliphatic heterocycles. The predicted molar refractivity (Wildman–Crippen MR) is 130 cm³/mol. The lowest BCUT2D eigenvalue weighted by Gasteiger charge is -2.39. The zero-order valence-electron chi connectivity index (χ0n) is 19.1. The number of aliphatic hydroxyl groups excluding tert-OH is 1. The third-order valence-corrected chi connectivity index (χ3v) is 5.92. The van der Waals surface area contributed by atoms with E-state index >= 15 is 0 Å². The number of imidazole rings is 1. The lowest BCUT2D eigenvalue weighted by atomic mass is 10.1. The number of benzene rings is 1. The smallest absolute Gasteiger partial charge is 0.251 e. The largest absolute Gasteiger partial charge is 0.494 e. The molecule has 1 aromatic carbocycles. The number of nitrogens with zero attached hydrogens (tertiary/aromatic N) is 5. The molecule has 4 aromatic rings. The lowest BCUT2D eigenvalue weighted by molar-refractivity contribution is -0.148. The Balaban J connectivity index is 1.32. The summed E-state index contributed by atoms with van der Waals surface area (Å²) >= 11 is 6.41. The molecule has 1 unspecified atom stereocenters. The number of likely N-dealkylation sites (tertiary alicyclic amines) is 1. The van der Waals surface area contributed by atoms with Crippen molar-refractivity contribution in [3.05, 3.63) is 60.0 Å². The van der Waals surface area contributed by atoms with Crippen LogP contribution < -0.4 is 14.8 Å². The Bertz CT molecular complexity index is 1390. The van der Waals surface area contributed by atoms with Crippen molar-refractivity contribution < 1.29 is 19.4 Å². The number of ether oxygens (including phenoxy) is 2.